The van der Waals surface area contributed by atoms with Gasteiger partial charge in [0, 0.05) is 40.3 Å². The summed E-state index contributed by atoms with van der Waals surface area (Å²) in [6.45, 7) is 1.85. The number of H-pyrrole nitrogens is 1. The van der Waals surface area contributed by atoms with Crippen LogP contribution in [-0.2, 0) is 11.2 Å². The molecule has 7 nitrogen and oxygen atoms in total. The molecule has 0 unspecified atom stereocenters. The maximum Gasteiger partial charge on any atom is 0.253 e. The Morgan fingerprint density at radius 1 is 1.30 bits per heavy atom. The van der Waals surface area contributed by atoms with Crippen LogP contribution in [0.1, 0.15) is 24.1 Å². The number of hydrogen-bond donors (Lipinski definition) is 2. The first-order valence-electron chi connectivity index (χ1n) is 8.14. The number of fused-ring (bicyclic) bond motifs is 2. The zero-order chi connectivity index (χ0) is 18.4. The zero-order valence-electron chi connectivity index (χ0n) is 14.7. The fourth-order valence-corrected chi connectivity index (χ4v) is 3.25. The number of aromatic nitrogens is 3. The van der Waals surface area contributed by atoms with Crippen LogP contribution in [0.2, 0.25) is 5.02 Å². The van der Waals surface area contributed by atoms with E-state index < -0.39 is 0 Å². The number of amides is 1. The molecule has 0 fully saturated rings. The van der Waals surface area contributed by atoms with Gasteiger partial charge in [-0.2, -0.15) is 18.5 Å². The van der Waals surface area contributed by atoms with Crippen molar-refractivity contribution in [3.05, 3.63) is 57.0 Å². The first-order valence-corrected chi connectivity index (χ1v) is 8.51. The number of nitrogens with one attached hydrogen (secondary N) is 2. The van der Waals surface area contributed by atoms with E-state index in [0.29, 0.717) is 28.8 Å². The number of pyridine rings is 1. The lowest BCUT2D eigenvalue weighted by Crippen LogP contribution is -2.22. The molecule has 1 amide bonds. The second-order valence-electron chi connectivity index (χ2n) is 6.32. The highest BCUT2D eigenvalue weighted by Crippen LogP contribution is 2.26. The molecule has 1 atom stereocenters. The van der Waals surface area contributed by atoms with E-state index in [2.05, 4.69) is 20.3 Å². The standard InChI is InChI=1S/C18H16ClN5O2.H2S/c1-9(13-6-10-5-12(19)3-4-14(10)22-17(13)26)21-18-20-8-11-7-15(25)24(2)16(11)23-18;/h3-6,8-9H,7H2,1-2H3,(H,22,26)(H,20,21,23);1H2/t9-;/m0./s1. The molecule has 9 heteroatoms. The van der Waals surface area contributed by atoms with Crippen LogP contribution in [0.5, 0.6) is 0 Å². The Morgan fingerprint density at radius 2 is 2.07 bits per heavy atom. The highest BCUT2D eigenvalue weighted by atomic mass is 35.5. The van der Waals surface area contributed by atoms with Gasteiger partial charge >= 0.3 is 0 Å². The Balaban J connectivity index is 0.00000210. The van der Waals surface area contributed by atoms with E-state index in [1.54, 1.807) is 37.5 Å². The predicted octanol–water partition coefficient (Wildman–Crippen LogP) is 2.78. The van der Waals surface area contributed by atoms with Crippen LogP contribution in [0.25, 0.3) is 10.9 Å². The van der Waals surface area contributed by atoms with Crippen LogP contribution in [0.3, 0.4) is 0 Å². The Morgan fingerprint density at radius 3 is 2.85 bits per heavy atom. The summed E-state index contributed by atoms with van der Waals surface area (Å²) >= 11 is 6.04. The number of halogens is 1. The molecule has 27 heavy (non-hydrogen) atoms. The monoisotopic (exact) mass is 403 g/mol. The van der Waals surface area contributed by atoms with Crippen molar-refractivity contribution in [3.63, 3.8) is 0 Å². The molecule has 3 aromatic rings. The number of likely N-dealkylation sites (N-methyl/N-ethyl adjacent to an activating group) is 1. The number of nitrogens with zero attached hydrogens (tertiary/aromatic N) is 3. The number of rotatable bonds is 3. The normalized spacial score (nSPS) is 14.0. The number of benzene rings is 1. The average molecular weight is 404 g/mol. The van der Waals surface area contributed by atoms with Crippen molar-refractivity contribution in [2.75, 3.05) is 17.3 Å². The Labute approximate surface area is 167 Å². The molecule has 0 aliphatic carbocycles. The van der Waals surface area contributed by atoms with Crippen molar-refractivity contribution in [1.29, 1.82) is 0 Å². The van der Waals surface area contributed by atoms with Crippen LogP contribution in [-0.4, -0.2) is 27.9 Å². The molecule has 0 bridgehead atoms. The van der Waals surface area contributed by atoms with Gasteiger partial charge < -0.3 is 10.3 Å². The van der Waals surface area contributed by atoms with Crippen LogP contribution in [0, 0.1) is 0 Å². The van der Waals surface area contributed by atoms with Gasteiger partial charge in [-0.3, -0.25) is 14.5 Å². The maximum absolute atomic E-state index is 12.4. The predicted molar refractivity (Wildman–Crippen MR) is 111 cm³/mol. The number of carbonyl (C=O) groups excluding carboxylic acids is 1. The summed E-state index contributed by atoms with van der Waals surface area (Å²) in [5, 5.41) is 4.58. The van der Waals surface area contributed by atoms with Crippen LogP contribution in [0.15, 0.2) is 35.3 Å². The van der Waals surface area contributed by atoms with E-state index in [1.165, 1.54) is 4.90 Å². The maximum atomic E-state index is 12.4. The molecular formula is C18H18ClN5O2S. The molecule has 2 aromatic heterocycles. The van der Waals surface area contributed by atoms with Gasteiger partial charge in [-0.05, 0) is 31.2 Å². The van der Waals surface area contributed by atoms with E-state index in [0.717, 1.165) is 16.5 Å². The minimum Gasteiger partial charge on any atom is -0.347 e. The highest BCUT2D eigenvalue weighted by Gasteiger charge is 2.26. The summed E-state index contributed by atoms with van der Waals surface area (Å²) in [5.74, 6) is 0.949. The van der Waals surface area contributed by atoms with E-state index >= 15 is 0 Å². The number of hydrogen-bond acceptors (Lipinski definition) is 5. The Bertz CT molecular complexity index is 1100. The molecular weight excluding hydrogens is 386 g/mol. The third-order valence-corrected chi connectivity index (χ3v) is 4.76. The minimum absolute atomic E-state index is 0. The van der Waals surface area contributed by atoms with Crippen LogP contribution in [0.4, 0.5) is 11.8 Å². The molecule has 0 spiro atoms. The highest BCUT2D eigenvalue weighted by molar-refractivity contribution is 7.59. The molecule has 2 N–H and O–H groups in total. The molecule has 1 aromatic carbocycles. The zero-order valence-corrected chi connectivity index (χ0v) is 16.5. The topological polar surface area (TPSA) is 91.0 Å². The van der Waals surface area contributed by atoms with Crippen LogP contribution < -0.4 is 15.8 Å². The van der Waals surface area contributed by atoms with Crippen molar-refractivity contribution in [2.24, 2.45) is 0 Å². The van der Waals surface area contributed by atoms with Gasteiger partial charge in [0.2, 0.25) is 11.9 Å². The lowest BCUT2D eigenvalue weighted by Gasteiger charge is -2.15. The van der Waals surface area contributed by atoms with Gasteiger partial charge in [-0.15, -0.1) is 0 Å². The number of anilines is 2. The summed E-state index contributed by atoms with van der Waals surface area (Å²) < 4.78 is 0. The molecule has 0 saturated carbocycles. The molecule has 0 saturated heterocycles. The first kappa shape index (κ1) is 19.2. The molecule has 140 valence electrons. The van der Waals surface area contributed by atoms with Crippen molar-refractivity contribution < 1.29 is 4.79 Å². The third-order valence-electron chi connectivity index (χ3n) is 4.52. The largest absolute Gasteiger partial charge is 0.347 e. The molecule has 0 radical (unpaired) electrons. The fraction of sp³-hybridized carbons (Fsp3) is 0.222. The van der Waals surface area contributed by atoms with Crippen molar-refractivity contribution in [1.82, 2.24) is 15.0 Å². The van der Waals surface area contributed by atoms with E-state index in [4.69, 9.17) is 11.6 Å². The van der Waals surface area contributed by atoms with Crippen LogP contribution >= 0.6 is 25.1 Å². The van der Waals surface area contributed by atoms with Crippen molar-refractivity contribution in [2.45, 2.75) is 19.4 Å². The summed E-state index contributed by atoms with van der Waals surface area (Å²) in [5.41, 5.74) is 1.89. The molecule has 1 aliphatic rings. The van der Waals surface area contributed by atoms with Gasteiger partial charge in [0.1, 0.15) is 5.82 Å². The van der Waals surface area contributed by atoms with Crippen molar-refractivity contribution in [3.8, 4) is 0 Å². The SMILES string of the molecule is C[C@H](Nc1ncc2c(n1)N(C)C(=O)C2)c1cc2cc(Cl)ccc2[nH]c1=O.S. The van der Waals surface area contributed by atoms with Gasteiger partial charge in [0.05, 0.1) is 12.5 Å². The average Bonchev–Trinajstić information content (AvgIpc) is 2.89. The van der Waals surface area contributed by atoms with Gasteiger partial charge in [-0.1, -0.05) is 11.6 Å². The second kappa shape index (κ2) is 7.21. The summed E-state index contributed by atoms with van der Waals surface area (Å²) in [4.78, 5) is 37.2. The first-order chi connectivity index (χ1) is 12.4. The summed E-state index contributed by atoms with van der Waals surface area (Å²) in [6.07, 6.45) is 1.95. The fourth-order valence-electron chi connectivity index (χ4n) is 3.07. The quantitative estimate of drug-likeness (QED) is 0.701. The second-order valence-corrected chi connectivity index (χ2v) is 6.76. The Hall–Kier alpha value is -2.58. The van der Waals surface area contributed by atoms with Gasteiger partial charge in [-0.25, -0.2) is 4.98 Å². The van der Waals surface area contributed by atoms with E-state index in [9.17, 15) is 9.59 Å². The molecule has 3 heterocycles. The third kappa shape index (κ3) is 3.50. The summed E-state index contributed by atoms with van der Waals surface area (Å²) in [7, 11) is 1.69. The molecule has 1 aliphatic heterocycles. The number of carbonyl (C=O) groups is 1. The Kier molecular flexibility index (Phi) is 5.12. The lowest BCUT2D eigenvalue weighted by molar-refractivity contribution is -0.117. The van der Waals surface area contributed by atoms with Crippen molar-refractivity contribution >= 4 is 53.7 Å². The number of aromatic amines is 1. The minimum atomic E-state index is -0.331. The van der Waals surface area contributed by atoms with Gasteiger partial charge in [0.25, 0.3) is 5.56 Å². The van der Waals surface area contributed by atoms with E-state index in [-0.39, 0.29) is 31.0 Å². The van der Waals surface area contributed by atoms with Gasteiger partial charge in [0.15, 0.2) is 0 Å². The molecule has 4 rings (SSSR count). The van der Waals surface area contributed by atoms with E-state index in [1.807, 2.05) is 6.92 Å². The summed E-state index contributed by atoms with van der Waals surface area (Å²) in [6, 6.07) is 6.79. The lowest BCUT2D eigenvalue weighted by atomic mass is 10.1. The smallest absolute Gasteiger partial charge is 0.253 e.